The molecule has 1 saturated heterocycles. The van der Waals surface area contributed by atoms with Crippen molar-refractivity contribution in [2.45, 2.75) is 51.7 Å². The van der Waals surface area contributed by atoms with Gasteiger partial charge in [-0.3, -0.25) is 0 Å². The molecule has 0 aromatic carbocycles. The monoisotopic (exact) mass is 171 g/mol. The molecule has 2 unspecified atom stereocenters. The lowest BCUT2D eigenvalue weighted by molar-refractivity contribution is 0.135. The van der Waals surface area contributed by atoms with Crippen LogP contribution in [0, 0.1) is 0 Å². The van der Waals surface area contributed by atoms with Crippen molar-refractivity contribution in [3.63, 3.8) is 0 Å². The number of aliphatic hydroxyl groups is 1. The van der Waals surface area contributed by atoms with E-state index < -0.39 is 0 Å². The summed E-state index contributed by atoms with van der Waals surface area (Å²) in [6.07, 6.45) is 4.42. The smallest absolute Gasteiger partial charge is 0.0549 e. The first-order valence-corrected chi connectivity index (χ1v) is 5.16. The van der Waals surface area contributed by atoms with Gasteiger partial charge in [0.2, 0.25) is 0 Å². The normalized spacial score (nSPS) is 27.8. The molecule has 0 bridgehead atoms. The Bertz CT molecular complexity index is 127. The molecule has 1 rings (SSSR count). The summed E-state index contributed by atoms with van der Waals surface area (Å²) in [4.78, 5) is 2.48. The van der Waals surface area contributed by atoms with Gasteiger partial charge in [0.05, 0.1) is 6.10 Å². The second-order valence-electron chi connectivity index (χ2n) is 3.88. The molecule has 0 aromatic rings. The Hall–Kier alpha value is -0.0800. The largest absolute Gasteiger partial charge is 0.393 e. The highest BCUT2D eigenvalue weighted by atomic mass is 16.3. The van der Waals surface area contributed by atoms with E-state index in [0.717, 1.165) is 25.4 Å². The van der Waals surface area contributed by atoms with E-state index in [0.29, 0.717) is 0 Å². The molecule has 1 aliphatic heterocycles. The zero-order chi connectivity index (χ0) is 8.97. The number of aliphatic hydroxyl groups excluding tert-OH is 1. The number of hydrogen-bond donors (Lipinski definition) is 1. The highest BCUT2D eigenvalue weighted by Crippen LogP contribution is 2.16. The fraction of sp³-hybridized carbons (Fsp3) is 1.00. The van der Waals surface area contributed by atoms with Crippen LogP contribution in [0.15, 0.2) is 0 Å². The van der Waals surface area contributed by atoms with Crippen LogP contribution in [0.2, 0.25) is 0 Å². The standard InChI is InChI=1S/C10H21NO/c1-3-10(12)6-8-11-7-4-5-9(11)2/h9-10,12H,3-8H2,1-2H3. The molecular formula is C10H21NO. The maximum absolute atomic E-state index is 9.38. The molecule has 0 radical (unpaired) electrons. The molecular weight excluding hydrogens is 150 g/mol. The van der Waals surface area contributed by atoms with Crippen molar-refractivity contribution in [1.29, 1.82) is 0 Å². The Labute approximate surface area is 75.6 Å². The van der Waals surface area contributed by atoms with E-state index in [1.807, 2.05) is 6.92 Å². The molecule has 0 aromatic heterocycles. The van der Waals surface area contributed by atoms with Crippen molar-refractivity contribution in [2.24, 2.45) is 0 Å². The first kappa shape index (κ1) is 10.0. The van der Waals surface area contributed by atoms with Crippen molar-refractivity contribution >= 4 is 0 Å². The molecule has 0 spiro atoms. The Kier molecular flexibility index (Phi) is 4.02. The van der Waals surface area contributed by atoms with E-state index in [9.17, 15) is 5.11 Å². The first-order valence-electron chi connectivity index (χ1n) is 5.16. The molecule has 12 heavy (non-hydrogen) atoms. The molecule has 0 amide bonds. The summed E-state index contributed by atoms with van der Waals surface area (Å²) in [7, 11) is 0. The Morgan fingerprint density at radius 1 is 1.58 bits per heavy atom. The summed E-state index contributed by atoms with van der Waals surface area (Å²) in [5.41, 5.74) is 0. The van der Waals surface area contributed by atoms with Gasteiger partial charge in [0, 0.05) is 12.6 Å². The maximum Gasteiger partial charge on any atom is 0.0549 e. The van der Waals surface area contributed by atoms with Gasteiger partial charge in [-0.05, 0) is 39.2 Å². The summed E-state index contributed by atoms with van der Waals surface area (Å²) in [6, 6.07) is 0.744. The first-order chi connectivity index (χ1) is 5.74. The van der Waals surface area contributed by atoms with E-state index >= 15 is 0 Å². The molecule has 2 atom stereocenters. The lowest BCUT2D eigenvalue weighted by Crippen LogP contribution is -2.29. The Balaban J connectivity index is 2.13. The molecule has 0 aliphatic carbocycles. The van der Waals surface area contributed by atoms with Crippen LogP contribution < -0.4 is 0 Å². The minimum Gasteiger partial charge on any atom is -0.393 e. The fourth-order valence-electron chi connectivity index (χ4n) is 1.84. The summed E-state index contributed by atoms with van der Waals surface area (Å²) in [6.45, 7) is 6.64. The Morgan fingerprint density at radius 2 is 2.33 bits per heavy atom. The second kappa shape index (κ2) is 4.83. The van der Waals surface area contributed by atoms with Crippen LogP contribution in [0.1, 0.15) is 39.5 Å². The topological polar surface area (TPSA) is 23.5 Å². The van der Waals surface area contributed by atoms with Crippen molar-refractivity contribution < 1.29 is 5.11 Å². The predicted molar refractivity (Wildman–Crippen MR) is 51.2 cm³/mol. The van der Waals surface area contributed by atoms with E-state index in [-0.39, 0.29) is 6.10 Å². The van der Waals surface area contributed by atoms with Crippen LogP contribution in [0.25, 0.3) is 0 Å². The number of rotatable bonds is 4. The van der Waals surface area contributed by atoms with E-state index in [4.69, 9.17) is 0 Å². The minimum absolute atomic E-state index is 0.0854. The van der Waals surface area contributed by atoms with E-state index in [1.165, 1.54) is 19.4 Å². The van der Waals surface area contributed by atoms with Crippen molar-refractivity contribution in [1.82, 2.24) is 4.90 Å². The van der Waals surface area contributed by atoms with Crippen LogP contribution >= 0.6 is 0 Å². The number of nitrogens with zero attached hydrogens (tertiary/aromatic N) is 1. The van der Waals surface area contributed by atoms with Crippen LogP contribution in [-0.4, -0.2) is 35.2 Å². The van der Waals surface area contributed by atoms with Crippen LogP contribution in [0.5, 0.6) is 0 Å². The molecule has 1 N–H and O–H groups in total. The molecule has 0 saturated carbocycles. The zero-order valence-corrected chi connectivity index (χ0v) is 8.29. The van der Waals surface area contributed by atoms with Gasteiger partial charge in [-0.2, -0.15) is 0 Å². The van der Waals surface area contributed by atoms with Gasteiger partial charge >= 0.3 is 0 Å². The van der Waals surface area contributed by atoms with Crippen LogP contribution in [-0.2, 0) is 0 Å². The Morgan fingerprint density at radius 3 is 2.83 bits per heavy atom. The molecule has 1 aliphatic rings. The molecule has 2 heteroatoms. The second-order valence-corrected chi connectivity index (χ2v) is 3.88. The highest BCUT2D eigenvalue weighted by Gasteiger charge is 2.19. The maximum atomic E-state index is 9.38. The van der Waals surface area contributed by atoms with E-state index in [2.05, 4.69) is 11.8 Å². The predicted octanol–water partition coefficient (Wildman–Crippen LogP) is 1.63. The average Bonchev–Trinajstić information content (AvgIpc) is 2.47. The quantitative estimate of drug-likeness (QED) is 0.695. The molecule has 1 fully saturated rings. The van der Waals surface area contributed by atoms with E-state index in [1.54, 1.807) is 0 Å². The van der Waals surface area contributed by atoms with Crippen LogP contribution in [0.4, 0.5) is 0 Å². The van der Waals surface area contributed by atoms with Crippen molar-refractivity contribution in [3.05, 3.63) is 0 Å². The SMILES string of the molecule is CCC(O)CCN1CCCC1C. The van der Waals surface area contributed by atoms with Crippen molar-refractivity contribution in [2.75, 3.05) is 13.1 Å². The third-order valence-electron chi connectivity index (χ3n) is 2.91. The lowest BCUT2D eigenvalue weighted by Gasteiger charge is -2.21. The summed E-state index contributed by atoms with van der Waals surface area (Å²) in [5, 5.41) is 9.38. The third kappa shape index (κ3) is 2.76. The average molecular weight is 171 g/mol. The molecule has 72 valence electrons. The fourth-order valence-corrected chi connectivity index (χ4v) is 1.84. The summed E-state index contributed by atoms with van der Waals surface area (Å²) < 4.78 is 0. The minimum atomic E-state index is -0.0854. The number of likely N-dealkylation sites (tertiary alicyclic amines) is 1. The van der Waals surface area contributed by atoms with Crippen molar-refractivity contribution in [3.8, 4) is 0 Å². The molecule has 2 nitrogen and oxygen atoms in total. The van der Waals surface area contributed by atoms with Gasteiger partial charge in [0.15, 0.2) is 0 Å². The highest BCUT2D eigenvalue weighted by molar-refractivity contribution is 4.75. The van der Waals surface area contributed by atoms with Gasteiger partial charge < -0.3 is 10.0 Å². The van der Waals surface area contributed by atoms with Gasteiger partial charge in [-0.15, -0.1) is 0 Å². The summed E-state index contributed by atoms with van der Waals surface area (Å²) in [5.74, 6) is 0. The third-order valence-corrected chi connectivity index (χ3v) is 2.91. The number of hydrogen-bond acceptors (Lipinski definition) is 2. The van der Waals surface area contributed by atoms with Gasteiger partial charge in [0.25, 0.3) is 0 Å². The summed E-state index contributed by atoms with van der Waals surface area (Å²) >= 11 is 0. The van der Waals surface area contributed by atoms with Gasteiger partial charge in [0.1, 0.15) is 0 Å². The lowest BCUT2D eigenvalue weighted by atomic mass is 10.2. The zero-order valence-electron chi connectivity index (χ0n) is 8.29. The van der Waals surface area contributed by atoms with Gasteiger partial charge in [-0.1, -0.05) is 6.92 Å². The molecule has 1 heterocycles. The van der Waals surface area contributed by atoms with Gasteiger partial charge in [-0.25, -0.2) is 0 Å². The van der Waals surface area contributed by atoms with Crippen LogP contribution in [0.3, 0.4) is 0 Å².